The van der Waals surface area contributed by atoms with E-state index in [2.05, 4.69) is 22.2 Å². The summed E-state index contributed by atoms with van der Waals surface area (Å²) in [6, 6.07) is 5.51. The molecule has 1 amide bonds. The van der Waals surface area contributed by atoms with Crippen molar-refractivity contribution in [3.05, 3.63) is 41.9 Å². The molecule has 1 aromatic heterocycles. The van der Waals surface area contributed by atoms with E-state index in [1.54, 1.807) is 26.5 Å². The van der Waals surface area contributed by atoms with Crippen molar-refractivity contribution in [1.82, 2.24) is 15.3 Å². The van der Waals surface area contributed by atoms with Gasteiger partial charge in [-0.05, 0) is 24.1 Å². The molecule has 1 N–H and O–H groups in total. The van der Waals surface area contributed by atoms with E-state index in [-0.39, 0.29) is 11.6 Å². The Morgan fingerprint density at radius 2 is 1.92 bits per heavy atom. The minimum atomic E-state index is -0.268. The number of hydrogen-bond acceptors (Lipinski definition) is 6. The SMILES string of the molecule is CCCCN(C)c1cnc(C(=O)NCc2ccc(OC)c(OC)c2)cn1. The third kappa shape index (κ3) is 5.08. The van der Waals surface area contributed by atoms with Gasteiger partial charge < -0.3 is 19.7 Å². The quantitative estimate of drug-likeness (QED) is 0.743. The Morgan fingerprint density at radius 1 is 1.15 bits per heavy atom. The summed E-state index contributed by atoms with van der Waals surface area (Å²) in [6.07, 6.45) is 5.34. The Balaban J connectivity index is 1.95. The number of hydrogen-bond donors (Lipinski definition) is 1. The second-order valence-corrected chi connectivity index (χ2v) is 5.91. The van der Waals surface area contributed by atoms with E-state index >= 15 is 0 Å². The van der Waals surface area contributed by atoms with Crippen molar-refractivity contribution in [1.29, 1.82) is 0 Å². The Kier molecular flexibility index (Phi) is 7.20. The Labute approximate surface area is 154 Å². The van der Waals surface area contributed by atoms with E-state index < -0.39 is 0 Å². The molecule has 140 valence electrons. The van der Waals surface area contributed by atoms with Gasteiger partial charge in [-0.2, -0.15) is 0 Å². The van der Waals surface area contributed by atoms with Crippen LogP contribution < -0.4 is 19.7 Å². The molecule has 0 bridgehead atoms. The lowest BCUT2D eigenvalue weighted by molar-refractivity contribution is 0.0945. The van der Waals surface area contributed by atoms with Gasteiger partial charge in [0.15, 0.2) is 11.5 Å². The normalized spacial score (nSPS) is 10.3. The number of aromatic nitrogens is 2. The molecule has 0 aliphatic carbocycles. The maximum Gasteiger partial charge on any atom is 0.271 e. The van der Waals surface area contributed by atoms with Crippen LogP contribution in [0.1, 0.15) is 35.8 Å². The molecule has 2 rings (SSSR count). The van der Waals surface area contributed by atoms with Crippen molar-refractivity contribution >= 4 is 11.7 Å². The first-order valence-corrected chi connectivity index (χ1v) is 8.61. The number of nitrogens with zero attached hydrogens (tertiary/aromatic N) is 3. The first-order valence-electron chi connectivity index (χ1n) is 8.61. The molecular weight excluding hydrogens is 332 g/mol. The van der Waals surface area contributed by atoms with Gasteiger partial charge in [0.25, 0.3) is 5.91 Å². The predicted molar refractivity (Wildman–Crippen MR) is 101 cm³/mol. The van der Waals surface area contributed by atoms with E-state index in [9.17, 15) is 4.79 Å². The maximum absolute atomic E-state index is 12.3. The van der Waals surface area contributed by atoms with E-state index in [1.165, 1.54) is 6.20 Å². The van der Waals surface area contributed by atoms with Gasteiger partial charge in [-0.15, -0.1) is 0 Å². The number of amides is 1. The minimum absolute atomic E-state index is 0.268. The highest BCUT2D eigenvalue weighted by molar-refractivity contribution is 5.91. The monoisotopic (exact) mass is 358 g/mol. The number of ether oxygens (including phenoxy) is 2. The fraction of sp³-hybridized carbons (Fsp3) is 0.421. The lowest BCUT2D eigenvalue weighted by Gasteiger charge is -2.17. The number of unbranched alkanes of at least 4 members (excludes halogenated alkanes) is 1. The Morgan fingerprint density at radius 3 is 2.54 bits per heavy atom. The van der Waals surface area contributed by atoms with Crippen LogP contribution in [0.25, 0.3) is 0 Å². The molecule has 1 heterocycles. The van der Waals surface area contributed by atoms with E-state index in [0.29, 0.717) is 18.0 Å². The van der Waals surface area contributed by atoms with Crippen LogP contribution in [-0.4, -0.2) is 43.7 Å². The van der Waals surface area contributed by atoms with Crippen LogP contribution in [0.3, 0.4) is 0 Å². The molecule has 0 atom stereocenters. The Hall–Kier alpha value is -2.83. The fourth-order valence-electron chi connectivity index (χ4n) is 2.41. The number of anilines is 1. The molecule has 26 heavy (non-hydrogen) atoms. The van der Waals surface area contributed by atoms with Crippen LogP contribution in [0.15, 0.2) is 30.6 Å². The third-order valence-electron chi connectivity index (χ3n) is 4.01. The molecular formula is C19H26N4O3. The number of methoxy groups -OCH3 is 2. The highest BCUT2D eigenvalue weighted by Gasteiger charge is 2.10. The lowest BCUT2D eigenvalue weighted by Crippen LogP contribution is -2.25. The molecule has 2 aromatic rings. The minimum Gasteiger partial charge on any atom is -0.493 e. The number of carbonyl (C=O) groups is 1. The van der Waals surface area contributed by atoms with E-state index in [4.69, 9.17) is 9.47 Å². The van der Waals surface area contributed by atoms with Gasteiger partial charge in [-0.1, -0.05) is 19.4 Å². The summed E-state index contributed by atoms with van der Waals surface area (Å²) >= 11 is 0. The van der Waals surface area contributed by atoms with E-state index in [1.807, 2.05) is 24.1 Å². The van der Waals surface area contributed by atoms with Crippen molar-refractivity contribution in [3.8, 4) is 11.5 Å². The number of rotatable bonds is 9. The molecule has 7 nitrogen and oxygen atoms in total. The first-order chi connectivity index (χ1) is 12.6. The standard InChI is InChI=1S/C19H26N4O3/c1-5-6-9-23(2)18-13-20-15(12-21-18)19(24)22-11-14-7-8-16(25-3)17(10-14)26-4/h7-8,10,12-13H,5-6,9,11H2,1-4H3,(H,22,24). The lowest BCUT2D eigenvalue weighted by atomic mass is 10.2. The van der Waals surface area contributed by atoms with E-state index in [0.717, 1.165) is 30.8 Å². The number of benzene rings is 1. The zero-order valence-electron chi connectivity index (χ0n) is 15.8. The van der Waals surface area contributed by atoms with Gasteiger partial charge in [-0.25, -0.2) is 9.97 Å². The van der Waals surface area contributed by atoms with Crippen molar-refractivity contribution in [2.24, 2.45) is 0 Å². The molecule has 0 saturated carbocycles. The molecule has 1 aromatic carbocycles. The molecule has 0 aliphatic rings. The van der Waals surface area contributed by atoms with Crippen LogP contribution in [0.4, 0.5) is 5.82 Å². The van der Waals surface area contributed by atoms with Crippen LogP contribution in [0, 0.1) is 0 Å². The summed E-state index contributed by atoms with van der Waals surface area (Å²) in [6.45, 7) is 3.42. The summed E-state index contributed by atoms with van der Waals surface area (Å²) in [7, 11) is 5.13. The van der Waals surface area contributed by atoms with Crippen molar-refractivity contribution < 1.29 is 14.3 Å². The van der Waals surface area contributed by atoms with Gasteiger partial charge in [-0.3, -0.25) is 4.79 Å². The van der Waals surface area contributed by atoms with Crippen LogP contribution >= 0.6 is 0 Å². The highest BCUT2D eigenvalue weighted by atomic mass is 16.5. The number of carbonyl (C=O) groups excluding carboxylic acids is 1. The molecule has 0 unspecified atom stereocenters. The van der Waals surface area contributed by atoms with Gasteiger partial charge in [0.2, 0.25) is 0 Å². The smallest absolute Gasteiger partial charge is 0.271 e. The molecule has 0 saturated heterocycles. The molecule has 0 radical (unpaired) electrons. The third-order valence-corrected chi connectivity index (χ3v) is 4.01. The van der Waals surface area contributed by atoms with Gasteiger partial charge in [0.1, 0.15) is 11.5 Å². The second-order valence-electron chi connectivity index (χ2n) is 5.91. The Bertz CT molecular complexity index is 719. The molecule has 0 fully saturated rings. The molecule has 7 heteroatoms. The maximum atomic E-state index is 12.3. The average molecular weight is 358 g/mol. The van der Waals surface area contributed by atoms with Crippen molar-refractivity contribution in [2.75, 3.05) is 32.7 Å². The number of nitrogens with one attached hydrogen (secondary N) is 1. The fourth-order valence-corrected chi connectivity index (χ4v) is 2.41. The summed E-state index contributed by atoms with van der Waals surface area (Å²) in [5.41, 5.74) is 1.19. The summed E-state index contributed by atoms with van der Waals surface area (Å²) in [5.74, 6) is 1.76. The van der Waals surface area contributed by atoms with Gasteiger partial charge >= 0.3 is 0 Å². The van der Waals surface area contributed by atoms with Crippen LogP contribution in [-0.2, 0) is 6.54 Å². The zero-order chi connectivity index (χ0) is 18.9. The summed E-state index contributed by atoms with van der Waals surface area (Å²) < 4.78 is 10.5. The first kappa shape index (κ1) is 19.5. The van der Waals surface area contributed by atoms with Crippen molar-refractivity contribution in [3.63, 3.8) is 0 Å². The largest absolute Gasteiger partial charge is 0.493 e. The zero-order valence-corrected chi connectivity index (χ0v) is 15.8. The predicted octanol–water partition coefficient (Wildman–Crippen LogP) is 2.66. The topological polar surface area (TPSA) is 76.6 Å². The molecule has 0 spiro atoms. The molecule has 0 aliphatic heterocycles. The highest BCUT2D eigenvalue weighted by Crippen LogP contribution is 2.27. The van der Waals surface area contributed by atoms with Crippen molar-refractivity contribution in [2.45, 2.75) is 26.3 Å². The second kappa shape index (κ2) is 9.60. The summed E-state index contributed by atoms with van der Waals surface area (Å²) in [4.78, 5) is 22.8. The summed E-state index contributed by atoms with van der Waals surface area (Å²) in [5, 5.41) is 2.84. The van der Waals surface area contributed by atoms with Gasteiger partial charge in [0, 0.05) is 20.1 Å². The van der Waals surface area contributed by atoms with Gasteiger partial charge in [0.05, 0.1) is 26.6 Å². The van der Waals surface area contributed by atoms with Crippen LogP contribution in [0.2, 0.25) is 0 Å². The average Bonchev–Trinajstić information content (AvgIpc) is 2.69. The van der Waals surface area contributed by atoms with Crippen LogP contribution in [0.5, 0.6) is 11.5 Å².